The number of carbonyl (C=O) groups is 1. The van der Waals surface area contributed by atoms with Crippen molar-refractivity contribution in [3.05, 3.63) is 17.0 Å². The highest BCUT2D eigenvalue weighted by Gasteiger charge is 2.20. The Morgan fingerprint density at radius 2 is 2.50 bits per heavy atom. The largest absolute Gasteiger partial charge is 0.481 e. The molecule has 1 aromatic rings. The van der Waals surface area contributed by atoms with E-state index in [1.807, 2.05) is 18.8 Å². The Bertz CT molecular complexity index is 373. The van der Waals surface area contributed by atoms with Crippen LogP contribution in [0.4, 0.5) is 0 Å². The second kappa shape index (κ2) is 3.65. The smallest absolute Gasteiger partial charge is 0.309 e. The van der Waals surface area contributed by atoms with E-state index in [0.717, 1.165) is 34.9 Å². The van der Waals surface area contributed by atoms with Gasteiger partial charge in [0.2, 0.25) is 0 Å². The lowest BCUT2D eigenvalue weighted by atomic mass is 10.1. The van der Waals surface area contributed by atoms with Gasteiger partial charge in [-0.25, -0.2) is 0 Å². The molecule has 1 aliphatic heterocycles. The average Bonchev–Trinajstić information content (AvgIpc) is 2.43. The maximum absolute atomic E-state index is 10.7. The first-order chi connectivity index (χ1) is 6.68. The van der Waals surface area contributed by atoms with Crippen LogP contribution in [0.25, 0.3) is 0 Å². The predicted molar refractivity (Wildman–Crippen MR) is 54.4 cm³/mol. The molecule has 4 nitrogen and oxygen atoms in total. The van der Waals surface area contributed by atoms with Gasteiger partial charge in [-0.1, -0.05) is 0 Å². The number of aryl methyl sites for hydroxylation is 2. The molecule has 5 heteroatoms. The summed E-state index contributed by atoms with van der Waals surface area (Å²) in [5.41, 5.74) is 3.09. The quantitative estimate of drug-likeness (QED) is 0.789. The number of aromatic nitrogens is 2. The summed E-state index contributed by atoms with van der Waals surface area (Å²) in [5.74, 6) is 1.22. The van der Waals surface area contributed by atoms with Crippen molar-refractivity contribution in [2.24, 2.45) is 7.05 Å². The van der Waals surface area contributed by atoms with Crippen molar-refractivity contribution in [3.8, 4) is 0 Å². The third-order valence-corrected chi connectivity index (χ3v) is 3.39. The highest BCUT2D eigenvalue weighted by Crippen LogP contribution is 2.26. The molecule has 76 valence electrons. The van der Waals surface area contributed by atoms with Crippen molar-refractivity contribution in [1.82, 2.24) is 9.78 Å². The van der Waals surface area contributed by atoms with Gasteiger partial charge in [0.1, 0.15) is 0 Å². The van der Waals surface area contributed by atoms with Crippen LogP contribution in [0.2, 0.25) is 0 Å². The lowest BCUT2D eigenvalue weighted by Crippen LogP contribution is -2.08. The molecule has 1 aromatic heterocycles. The zero-order valence-electron chi connectivity index (χ0n) is 7.99. The monoisotopic (exact) mass is 212 g/mol. The molecule has 0 saturated heterocycles. The Hall–Kier alpha value is -0.970. The predicted octanol–water partition coefficient (Wildman–Crippen LogP) is 0.836. The number of fused-ring (bicyclic) bond motifs is 1. The van der Waals surface area contributed by atoms with E-state index in [4.69, 9.17) is 5.11 Å². The number of thioether (sulfide) groups is 1. The number of carboxylic acids is 1. The molecule has 0 fully saturated rings. The second-order valence-electron chi connectivity index (χ2n) is 3.37. The molecule has 14 heavy (non-hydrogen) atoms. The summed E-state index contributed by atoms with van der Waals surface area (Å²) >= 11 is 1.85. The second-order valence-corrected chi connectivity index (χ2v) is 4.47. The van der Waals surface area contributed by atoms with Crippen molar-refractivity contribution < 1.29 is 9.90 Å². The van der Waals surface area contributed by atoms with Crippen LogP contribution in [0.3, 0.4) is 0 Å². The zero-order valence-corrected chi connectivity index (χ0v) is 8.80. The van der Waals surface area contributed by atoms with Gasteiger partial charge in [-0.15, -0.1) is 0 Å². The summed E-state index contributed by atoms with van der Waals surface area (Å²) < 4.78 is 1.71. The molecule has 0 bridgehead atoms. The average molecular weight is 212 g/mol. The molecule has 0 aliphatic carbocycles. The Morgan fingerprint density at radius 1 is 1.71 bits per heavy atom. The fourth-order valence-corrected chi connectivity index (χ4v) is 2.76. The Labute approximate surface area is 86.3 Å². The standard InChI is InChI=1S/C9H12N2O2S/c1-11-8(4-9(12)13)6-5-14-3-2-7(6)10-11/h2-5H2,1H3,(H,12,13). The molecular formula is C9H12N2O2S. The van der Waals surface area contributed by atoms with Crippen LogP contribution in [0.5, 0.6) is 0 Å². The Balaban J connectivity index is 2.37. The Morgan fingerprint density at radius 3 is 3.21 bits per heavy atom. The molecule has 0 spiro atoms. The zero-order chi connectivity index (χ0) is 10.1. The maximum atomic E-state index is 10.7. The van der Waals surface area contributed by atoms with Crippen molar-refractivity contribution in [1.29, 1.82) is 0 Å². The first-order valence-corrected chi connectivity index (χ1v) is 5.67. The van der Waals surface area contributed by atoms with Gasteiger partial charge < -0.3 is 5.11 Å². The highest BCUT2D eigenvalue weighted by molar-refractivity contribution is 7.98. The number of hydrogen-bond donors (Lipinski definition) is 1. The summed E-state index contributed by atoms with van der Waals surface area (Å²) in [6, 6.07) is 0. The van der Waals surface area contributed by atoms with E-state index in [1.54, 1.807) is 4.68 Å². The molecule has 0 amide bonds. The number of nitrogens with zero attached hydrogens (tertiary/aromatic N) is 2. The third-order valence-electron chi connectivity index (χ3n) is 2.41. The topological polar surface area (TPSA) is 55.1 Å². The summed E-state index contributed by atoms with van der Waals surface area (Å²) in [5, 5.41) is 13.1. The molecule has 1 aliphatic rings. The molecule has 2 rings (SSSR count). The van der Waals surface area contributed by atoms with Gasteiger partial charge in [-0.2, -0.15) is 16.9 Å². The van der Waals surface area contributed by atoms with Crippen LogP contribution in [0, 0.1) is 0 Å². The van der Waals surface area contributed by atoms with Gasteiger partial charge in [0, 0.05) is 24.8 Å². The summed E-state index contributed by atoms with van der Waals surface area (Å²) in [4.78, 5) is 10.7. The number of carboxylic acid groups (broad SMARTS) is 1. The van der Waals surface area contributed by atoms with Crippen LogP contribution in [0.15, 0.2) is 0 Å². The van der Waals surface area contributed by atoms with Gasteiger partial charge in [-0.3, -0.25) is 9.48 Å². The summed E-state index contributed by atoms with van der Waals surface area (Å²) in [6.07, 6.45) is 1.05. The summed E-state index contributed by atoms with van der Waals surface area (Å²) in [7, 11) is 1.82. The van der Waals surface area contributed by atoms with E-state index in [0.29, 0.717) is 0 Å². The molecule has 1 N–H and O–H groups in total. The van der Waals surface area contributed by atoms with Gasteiger partial charge >= 0.3 is 5.97 Å². The van der Waals surface area contributed by atoms with Crippen molar-refractivity contribution >= 4 is 17.7 Å². The third kappa shape index (κ3) is 1.64. The number of rotatable bonds is 2. The van der Waals surface area contributed by atoms with Crippen LogP contribution in [-0.4, -0.2) is 26.6 Å². The fourth-order valence-electron chi connectivity index (χ4n) is 1.74. The first-order valence-electron chi connectivity index (χ1n) is 4.51. The molecule has 0 unspecified atom stereocenters. The van der Waals surface area contributed by atoms with Crippen molar-refractivity contribution in [3.63, 3.8) is 0 Å². The molecule has 0 aromatic carbocycles. The van der Waals surface area contributed by atoms with Crippen LogP contribution in [0.1, 0.15) is 17.0 Å². The first kappa shape index (κ1) is 9.58. The SMILES string of the molecule is Cn1nc2c(c1CC(=O)O)CSCC2. The van der Waals surface area contributed by atoms with E-state index in [-0.39, 0.29) is 6.42 Å². The van der Waals surface area contributed by atoms with Crippen molar-refractivity contribution in [2.45, 2.75) is 18.6 Å². The van der Waals surface area contributed by atoms with Gasteiger partial charge in [-0.05, 0) is 5.75 Å². The van der Waals surface area contributed by atoms with Gasteiger partial charge in [0.05, 0.1) is 17.8 Å². The molecule has 0 atom stereocenters. The summed E-state index contributed by atoms with van der Waals surface area (Å²) in [6.45, 7) is 0. The van der Waals surface area contributed by atoms with Crippen LogP contribution < -0.4 is 0 Å². The minimum absolute atomic E-state index is 0.0827. The van der Waals surface area contributed by atoms with Crippen molar-refractivity contribution in [2.75, 3.05) is 5.75 Å². The number of aliphatic carboxylic acids is 1. The minimum Gasteiger partial charge on any atom is -0.481 e. The van der Waals surface area contributed by atoms with E-state index >= 15 is 0 Å². The molecular weight excluding hydrogens is 200 g/mol. The fraction of sp³-hybridized carbons (Fsp3) is 0.556. The van der Waals surface area contributed by atoms with E-state index in [9.17, 15) is 4.79 Å². The highest BCUT2D eigenvalue weighted by atomic mass is 32.2. The maximum Gasteiger partial charge on any atom is 0.309 e. The van der Waals surface area contributed by atoms with Gasteiger partial charge in [0.15, 0.2) is 0 Å². The van der Waals surface area contributed by atoms with E-state index < -0.39 is 5.97 Å². The van der Waals surface area contributed by atoms with Gasteiger partial charge in [0.25, 0.3) is 0 Å². The van der Waals surface area contributed by atoms with E-state index in [2.05, 4.69) is 5.10 Å². The van der Waals surface area contributed by atoms with Crippen LogP contribution >= 0.6 is 11.8 Å². The lowest BCUT2D eigenvalue weighted by molar-refractivity contribution is -0.136. The molecule has 0 radical (unpaired) electrons. The van der Waals surface area contributed by atoms with E-state index in [1.165, 1.54) is 0 Å². The lowest BCUT2D eigenvalue weighted by Gasteiger charge is -2.09. The Kier molecular flexibility index (Phi) is 2.50. The molecule has 0 saturated carbocycles. The minimum atomic E-state index is -0.786. The molecule has 2 heterocycles. The van der Waals surface area contributed by atoms with Crippen LogP contribution in [-0.2, 0) is 30.4 Å². The number of hydrogen-bond acceptors (Lipinski definition) is 3. The normalized spacial score (nSPS) is 15.2.